The average molecular weight is 331 g/mol. The summed E-state index contributed by atoms with van der Waals surface area (Å²) in [6.45, 7) is 4.79. The maximum Gasteiger partial charge on any atom is 0.154 e. The van der Waals surface area contributed by atoms with E-state index in [-0.39, 0.29) is 0 Å². The molecule has 1 rings (SSSR count). The lowest BCUT2D eigenvalue weighted by atomic mass is 10.3. The number of amidine groups is 1. The number of ether oxygens (including phenoxy) is 1. The van der Waals surface area contributed by atoms with Crippen LogP contribution in [-0.4, -0.2) is 23.6 Å². The van der Waals surface area contributed by atoms with Gasteiger partial charge in [0.2, 0.25) is 0 Å². The first-order valence-corrected chi connectivity index (χ1v) is 7.74. The van der Waals surface area contributed by atoms with E-state index in [4.69, 9.17) is 10.5 Å². The van der Waals surface area contributed by atoms with Gasteiger partial charge in [0.1, 0.15) is 5.75 Å². The van der Waals surface area contributed by atoms with Gasteiger partial charge < -0.3 is 10.5 Å². The van der Waals surface area contributed by atoms with Gasteiger partial charge >= 0.3 is 0 Å². The van der Waals surface area contributed by atoms with Gasteiger partial charge in [-0.15, -0.1) is 0 Å². The molecule has 0 amide bonds. The molecule has 0 aliphatic carbocycles. The highest BCUT2D eigenvalue weighted by Gasteiger charge is 1.99. The Balaban J connectivity index is 2.22. The molecule has 1 atom stereocenters. The van der Waals surface area contributed by atoms with Crippen LogP contribution in [0.3, 0.4) is 0 Å². The van der Waals surface area contributed by atoms with Crippen molar-refractivity contribution in [3.8, 4) is 5.75 Å². The quantitative estimate of drug-likeness (QED) is 0.491. The van der Waals surface area contributed by atoms with Crippen LogP contribution >= 0.6 is 27.7 Å². The molecule has 0 fully saturated rings. The molecule has 0 spiro atoms. The third-order valence-corrected chi connectivity index (χ3v) is 3.65. The predicted molar refractivity (Wildman–Crippen MR) is 83.5 cm³/mol. The van der Waals surface area contributed by atoms with Crippen LogP contribution in [0.1, 0.15) is 20.3 Å². The van der Waals surface area contributed by atoms with E-state index in [2.05, 4.69) is 34.8 Å². The van der Waals surface area contributed by atoms with Gasteiger partial charge in [0.05, 0.1) is 6.61 Å². The number of nitrogens with two attached hydrogens (primary N) is 1. The van der Waals surface area contributed by atoms with Gasteiger partial charge in [0.15, 0.2) is 5.17 Å². The molecule has 0 saturated carbocycles. The van der Waals surface area contributed by atoms with E-state index >= 15 is 0 Å². The zero-order chi connectivity index (χ0) is 13.4. The van der Waals surface area contributed by atoms with Crippen LogP contribution in [0.4, 0.5) is 0 Å². The second kappa shape index (κ2) is 8.43. The molecule has 0 aliphatic rings. The average Bonchev–Trinajstić information content (AvgIpc) is 2.36. The lowest BCUT2D eigenvalue weighted by Crippen LogP contribution is -2.13. The van der Waals surface area contributed by atoms with Crippen molar-refractivity contribution in [1.82, 2.24) is 0 Å². The van der Waals surface area contributed by atoms with Crippen molar-refractivity contribution in [2.45, 2.75) is 26.3 Å². The van der Waals surface area contributed by atoms with E-state index < -0.39 is 0 Å². The molecule has 5 heteroatoms. The van der Waals surface area contributed by atoms with Gasteiger partial charge in [0.25, 0.3) is 0 Å². The third-order valence-electron chi connectivity index (χ3n) is 2.35. The topological polar surface area (TPSA) is 47.6 Å². The number of hydrogen-bond acceptors (Lipinski definition) is 3. The maximum atomic E-state index is 5.80. The second-order valence-electron chi connectivity index (χ2n) is 3.88. The highest BCUT2D eigenvalue weighted by atomic mass is 79.9. The number of aliphatic imine (C=N–C) groups is 1. The Bertz CT molecular complexity index is 381. The number of halogens is 1. The molecular formula is C13H19BrN2OS. The molecule has 0 saturated heterocycles. The molecule has 100 valence electrons. The number of thioether (sulfide) groups is 1. The Morgan fingerprint density at radius 1 is 1.44 bits per heavy atom. The summed E-state index contributed by atoms with van der Waals surface area (Å²) in [6, 6.07) is 8.09. The Kier molecular flexibility index (Phi) is 7.20. The Morgan fingerprint density at radius 3 is 2.72 bits per heavy atom. The fourth-order valence-electron chi connectivity index (χ4n) is 1.18. The van der Waals surface area contributed by atoms with E-state index in [1.165, 1.54) is 11.8 Å². The smallest absolute Gasteiger partial charge is 0.154 e. The van der Waals surface area contributed by atoms with E-state index in [0.29, 0.717) is 17.8 Å². The summed E-state index contributed by atoms with van der Waals surface area (Å²) in [5.74, 6) is 1.68. The summed E-state index contributed by atoms with van der Waals surface area (Å²) < 4.78 is 6.64. The van der Waals surface area contributed by atoms with Crippen molar-refractivity contribution in [3.05, 3.63) is 28.7 Å². The number of benzene rings is 1. The highest BCUT2D eigenvalue weighted by molar-refractivity contribution is 9.10. The van der Waals surface area contributed by atoms with Crippen LogP contribution in [0.2, 0.25) is 0 Å². The van der Waals surface area contributed by atoms with Crippen molar-refractivity contribution >= 4 is 32.9 Å². The minimum Gasteiger partial charge on any atom is -0.493 e. The summed E-state index contributed by atoms with van der Waals surface area (Å²) in [7, 11) is 0. The molecule has 18 heavy (non-hydrogen) atoms. The molecule has 1 aromatic rings. The summed E-state index contributed by atoms with van der Waals surface area (Å²) in [5, 5.41) is 0.642. The van der Waals surface area contributed by atoms with Gasteiger partial charge in [-0.05, 0) is 37.6 Å². The fraction of sp³-hybridized carbons (Fsp3) is 0.462. The molecular weight excluding hydrogens is 312 g/mol. The molecule has 0 unspecified atom stereocenters. The first-order chi connectivity index (χ1) is 8.61. The number of nitrogens with zero attached hydrogens (tertiary/aromatic N) is 1. The molecule has 3 nitrogen and oxygen atoms in total. The van der Waals surface area contributed by atoms with Crippen molar-refractivity contribution in [3.63, 3.8) is 0 Å². The zero-order valence-corrected chi connectivity index (χ0v) is 13.1. The largest absolute Gasteiger partial charge is 0.493 e. The van der Waals surface area contributed by atoms with Crippen molar-refractivity contribution < 1.29 is 4.74 Å². The summed E-state index contributed by atoms with van der Waals surface area (Å²) in [6.07, 6.45) is 1.01. The Morgan fingerprint density at radius 2 is 2.11 bits per heavy atom. The molecule has 0 radical (unpaired) electrons. The first-order valence-electron chi connectivity index (χ1n) is 5.96. The van der Waals surface area contributed by atoms with Gasteiger partial charge in [-0.1, -0.05) is 34.6 Å². The van der Waals surface area contributed by atoms with E-state index in [9.17, 15) is 0 Å². The normalized spacial score (nSPS) is 13.4. The highest BCUT2D eigenvalue weighted by Crippen LogP contribution is 2.16. The summed E-state index contributed by atoms with van der Waals surface area (Å²) in [5.41, 5.74) is 5.80. The lowest BCUT2D eigenvalue weighted by molar-refractivity contribution is 0.344. The van der Waals surface area contributed by atoms with Gasteiger partial charge in [-0.25, -0.2) is 0 Å². The van der Waals surface area contributed by atoms with Crippen molar-refractivity contribution in [1.29, 1.82) is 0 Å². The van der Waals surface area contributed by atoms with E-state index in [1.54, 1.807) is 0 Å². The second-order valence-corrected chi connectivity index (χ2v) is 5.91. The van der Waals surface area contributed by atoms with Gasteiger partial charge in [0, 0.05) is 16.3 Å². The zero-order valence-electron chi connectivity index (χ0n) is 10.7. The Hall–Kier alpha value is -0.680. The number of hydrogen-bond donors (Lipinski definition) is 1. The SMILES string of the molecule is CC[C@@H](C)N=C(N)SCCOc1ccc(Br)cc1. The lowest BCUT2D eigenvalue weighted by Gasteiger charge is -2.07. The summed E-state index contributed by atoms with van der Waals surface area (Å²) >= 11 is 4.92. The molecule has 0 bridgehead atoms. The van der Waals surface area contributed by atoms with Crippen LogP contribution in [0.25, 0.3) is 0 Å². The maximum absolute atomic E-state index is 5.80. The monoisotopic (exact) mass is 330 g/mol. The Labute approximate surface area is 121 Å². The van der Waals surface area contributed by atoms with E-state index in [1.807, 2.05) is 24.3 Å². The van der Waals surface area contributed by atoms with Gasteiger partial charge in [-0.3, -0.25) is 4.99 Å². The predicted octanol–water partition coefficient (Wildman–Crippen LogP) is 3.67. The summed E-state index contributed by atoms with van der Waals surface area (Å²) in [4.78, 5) is 4.35. The van der Waals surface area contributed by atoms with Crippen LogP contribution < -0.4 is 10.5 Å². The van der Waals surface area contributed by atoms with Crippen LogP contribution in [0, 0.1) is 0 Å². The minimum absolute atomic E-state index is 0.296. The van der Waals surface area contributed by atoms with Crippen molar-refractivity contribution in [2.24, 2.45) is 10.7 Å². The third kappa shape index (κ3) is 6.31. The van der Waals surface area contributed by atoms with Crippen LogP contribution in [0.15, 0.2) is 33.7 Å². The van der Waals surface area contributed by atoms with E-state index in [0.717, 1.165) is 22.4 Å². The van der Waals surface area contributed by atoms with Gasteiger partial charge in [-0.2, -0.15) is 0 Å². The minimum atomic E-state index is 0.296. The van der Waals surface area contributed by atoms with Crippen LogP contribution in [0.5, 0.6) is 5.75 Å². The molecule has 0 heterocycles. The molecule has 0 aromatic heterocycles. The fourth-order valence-corrected chi connectivity index (χ4v) is 2.08. The molecule has 2 N–H and O–H groups in total. The molecule has 0 aliphatic heterocycles. The number of rotatable bonds is 6. The first kappa shape index (κ1) is 15.4. The molecule has 1 aromatic carbocycles. The van der Waals surface area contributed by atoms with Crippen molar-refractivity contribution in [2.75, 3.05) is 12.4 Å². The van der Waals surface area contributed by atoms with Crippen LogP contribution in [-0.2, 0) is 0 Å². The standard InChI is InChI=1S/C13H19BrN2OS/c1-3-10(2)16-13(15)18-9-8-17-12-6-4-11(14)5-7-12/h4-7,10H,3,8-9H2,1-2H3,(H2,15,16)/t10-/m1/s1.